The molecule has 0 aromatic carbocycles. The van der Waals surface area contributed by atoms with Crippen LogP contribution in [0.2, 0.25) is 0 Å². The third kappa shape index (κ3) is 1.67. The highest BCUT2D eigenvalue weighted by molar-refractivity contribution is 5.82. The number of carbonyl (C=O) groups excluding carboxylic acids is 1. The van der Waals surface area contributed by atoms with Crippen molar-refractivity contribution in [2.45, 2.75) is 32.5 Å². The summed E-state index contributed by atoms with van der Waals surface area (Å²) in [7, 11) is 0. The van der Waals surface area contributed by atoms with Crippen LogP contribution in [0, 0.1) is 0 Å². The second-order valence-electron chi connectivity index (χ2n) is 3.01. The van der Waals surface area contributed by atoms with Crippen molar-refractivity contribution in [1.29, 1.82) is 0 Å². The molecule has 0 aromatic heterocycles. The van der Waals surface area contributed by atoms with Crippen molar-refractivity contribution in [3.63, 3.8) is 0 Å². The Morgan fingerprint density at radius 1 is 1.75 bits per heavy atom. The van der Waals surface area contributed by atoms with Crippen LogP contribution in [0.1, 0.15) is 20.8 Å². The van der Waals surface area contributed by atoms with Crippen LogP contribution in [0.15, 0.2) is 12.2 Å². The van der Waals surface area contributed by atoms with Crippen molar-refractivity contribution in [3.05, 3.63) is 12.2 Å². The van der Waals surface area contributed by atoms with Gasteiger partial charge in [-0.15, -0.1) is 0 Å². The van der Waals surface area contributed by atoms with Crippen molar-refractivity contribution >= 4 is 5.97 Å². The molecule has 3 nitrogen and oxygen atoms in total. The normalized spacial score (nSPS) is 33.8. The molecule has 2 atom stereocenters. The summed E-state index contributed by atoms with van der Waals surface area (Å²) in [4.78, 5) is 11.3. The Kier molecular flexibility index (Phi) is 2.52. The molecule has 0 aromatic rings. The topological polar surface area (TPSA) is 35.5 Å². The minimum absolute atomic E-state index is 0.000550. The predicted molar refractivity (Wildman–Crippen MR) is 44.7 cm³/mol. The molecule has 3 heteroatoms. The molecule has 1 aliphatic rings. The fourth-order valence-electron chi connectivity index (χ4n) is 1.17. The zero-order valence-electron chi connectivity index (χ0n) is 7.66. The van der Waals surface area contributed by atoms with E-state index in [1.807, 2.05) is 13.0 Å². The smallest absolute Gasteiger partial charge is 0.342 e. The number of hydrogen-bond donors (Lipinski definition) is 0. The van der Waals surface area contributed by atoms with Gasteiger partial charge >= 0.3 is 5.97 Å². The molecule has 68 valence electrons. The maximum atomic E-state index is 11.3. The molecule has 0 saturated heterocycles. The Morgan fingerprint density at radius 2 is 2.42 bits per heavy atom. The van der Waals surface area contributed by atoms with Gasteiger partial charge in [0.05, 0.1) is 12.7 Å². The Labute approximate surface area is 72.4 Å². The van der Waals surface area contributed by atoms with E-state index in [0.29, 0.717) is 6.61 Å². The van der Waals surface area contributed by atoms with Gasteiger partial charge in [0.1, 0.15) is 0 Å². The molecule has 0 bridgehead atoms. The van der Waals surface area contributed by atoms with E-state index in [-0.39, 0.29) is 12.1 Å². The molecular weight excluding hydrogens is 156 g/mol. The first-order chi connectivity index (χ1) is 5.58. The number of rotatable bonds is 2. The molecule has 1 aliphatic heterocycles. The van der Waals surface area contributed by atoms with Gasteiger partial charge in [0.2, 0.25) is 0 Å². The summed E-state index contributed by atoms with van der Waals surface area (Å²) in [6.45, 7) is 5.77. The van der Waals surface area contributed by atoms with Crippen LogP contribution in [0.4, 0.5) is 0 Å². The van der Waals surface area contributed by atoms with Crippen LogP contribution in [-0.4, -0.2) is 24.3 Å². The van der Waals surface area contributed by atoms with Gasteiger partial charge < -0.3 is 9.47 Å². The quantitative estimate of drug-likeness (QED) is 0.462. The van der Waals surface area contributed by atoms with Gasteiger partial charge in [-0.2, -0.15) is 0 Å². The molecule has 0 saturated carbocycles. The molecule has 0 aliphatic carbocycles. The summed E-state index contributed by atoms with van der Waals surface area (Å²) >= 11 is 0. The zero-order valence-corrected chi connectivity index (χ0v) is 7.66. The van der Waals surface area contributed by atoms with Crippen molar-refractivity contribution in [3.8, 4) is 0 Å². The summed E-state index contributed by atoms with van der Waals surface area (Å²) in [6, 6.07) is 0. The Bertz CT molecular complexity index is 210. The van der Waals surface area contributed by atoms with Gasteiger partial charge in [0.25, 0.3) is 0 Å². The number of hydrogen-bond acceptors (Lipinski definition) is 3. The lowest BCUT2D eigenvalue weighted by atomic mass is 10.1. The lowest BCUT2D eigenvalue weighted by Crippen LogP contribution is -2.36. The largest absolute Gasteiger partial charge is 0.464 e. The molecule has 12 heavy (non-hydrogen) atoms. The van der Waals surface area contributed by atoms with E-state index in [0.717, 1.165) is 0 Å². The molecule has 2 unspecified atom stereocenters. The van der Waals surface area contributed by atoms with Gasteiger partial charge in [-0.1, -0.05) is 6.08 Å². The van der Waals surface area contributed by atoms with E-state index in [9.17, 15) is 4.79 Å². The van der Waals surface area contributed by atoms with Crippen LogP contribution in [0.3, 0.4) is 0 Å². The molecule has 0 amide bonds. The molecule has 0 N–H and O–H groups in total. The maximum absolute atomic E-state index is 11.3. The average molecular weight is 170 g/mol. The van der Waals surface area contributed by atoms with E-state index >= 15 is 0 Å². The summed E-state index contributed by atoms with van der Waals surface area (Å²) in [5.74, 6) is -0.314. The monoisotopic (exact) mass is 170 g/mol. The Morgan fingerprint density at radius 3 is 2.83 bits per heavy atom. The van der Waals surface area contributed by atoms with Crippen LogP contribution >= 0.6 is 0 Å². The molecule has 1 heterocycles. The van der Waals surface area contributed by atoms with Crippen molar-refractivity contribution < 1.29 is 14.3 Å². The van der Waals surface area contributed by atoms with Crippen LogP contribution in [0.5, 0.6) is 0 Å². The van der Waals surface area contributed by atoms with Crippen LogP contribution in [-0.2, 0) is 14.3 Å². The first-order valence-corrected chi connectivity index (χ1v) is 4.13. The van der Waals surface area contributed by atoms with E-state index in [1.165, 1.54) is 0 Å². The fraction of sp³-hybridized carbons (Fsp3) is 0.667. The van der Waals surface area contributed by atoms with E-state index in [4.69, 9.17) is 9.47 Å². The van der Waals surface area contributed by atoms with E-state index < -0.39 is 5.60 Å². The van der Waals surface area contributed by atoms with Crippen LogP contribution in [0.25, 0.3) is 0 Å². The van der Waals surface area contributed by atoms with Gasteiger partial charge in [0, 0.05) is 0 Å². The highest BCUT2D eigenvalue weighted by atomic mass is 16.6. The Hall–Kier alpha value is -0.830. The molecule has 0 spiro atoms. The third-order valence-electron chi connectivity index (χ3n) is 1.80. The SMILES string of the molecule is CCOC(=O)C1(C)C=CC(C)O1. The fourth-order valence-corrected chi connectivity index (χ4v) is 1.17. The van der Waals surface area contributed by atoms with E-state index in [1.54, 1.807) is 19.9 Å². The zero-order chi connectivity index (χ0) is 9.19. The molecule has 0 radical (unpaired) electrons. The molecule has 0 fully saturated rings. The first kappa shape index (κ1) is 9.26. The lowest BCUT2D eigenvalue weighted by Gasteiger charge is -2.20. The summed E-state index contributed by atoms with van der Waals surface area (Å²) in [5, 5.41) is 0. The highest BCUT2D eigenvalue weighted by Crippen LogP contribution is 2.23. The first-order valence-electron chi connectivity index (χ1n) is 4.13. The maximum Gasteiger partial charge on any atom is 0.342 e. The third-order valence-corrected chi connectivity index (χ3v) is 1.80. The van der Waals surface area contributed by atoms with Gasteiger partial charge in [-0.25, -0.2) is 4.79 Å². The van der Waals surface area contributed by atoms with Gasteiger partial charge in [0.15, 0.2) is 5.60 Å². The summed E-state index contributed by atoms with van der Waals surface area (Å²) in [6.07, 6.45) is 3.60. The van der Waals surface area contributed by atoms with E-state index in [2.05, 4.69) is 0 Å². The van der Waals surface area contributed by atoms with Gasteiger partial charge in [-0.3, -0.25) is 0 Å². The highest BCUT2D eigenvalue weighted by Gasteiger charge is 2.37. The van der Waals surface area contributed by atoms with Crippen molar-refractivity contribution in [2.75, 3.05) is 6.61 Å². The Balaban J connectivity index is 2.61. The van der Waals surface area contributed by atoms with Crippen LogP contribution < -0.4 is 0 Å². The predicted octanol–water partition coefficient (Wildman–Crippen LogP) is 1.28. The molecule has 1 rings (SSSR count). The summed E-state index contributed by atoms with van der Waals surface area (Å²) < 4.78 is 10.2. The minimum Gasteiger partial charge on any atom is -0.464 e. The number of esters is 1. The number of carbonyl (C=O) groups is 1. The number of ether oxygens (including phenoxy) is 2. The van der Waals surface area contributed by atoms with Crippen molar-refractivity contribution in [1.82, 2.24) is 0 Å². The second kappa shape index (κ2) is 3.27. The van der Waals surface area contributed by atoms with Gasteiger partial charge in [-0.05, 0) is 26.8 Å². The minimum atomic E-state index is -0.866. The second-order valence-corrected chi connectivity index (χ2v) is 3.01. The van der Waals surface area contributed by atoms with Crippen molar-refractivity contribution in [2.24, 2.45) is 0 Å². The lowest BCUT2D eigenvalue weighted by molar-refractivity contribution is -0.164. The average Bonchev–Trinajstić information content (AvgIpc) is 2.33. The standard InChI is InChI=1S/C9H14O3/c1-4-11-8(10)9(3)6-5-7(2)12-9/h5-7H,4H2,1-3H3. The molecular formula is C9H14O3. The summed E-state index contributed by atoms with van der Waals surface area (Å²) in [5.41, 5.74) is -0.866.